The number of rotatable bonds is 1. The summed E-state index contributed by atoms with van der Waals surface area (Å²) in [5.74, 6) is 4.77. The molecule has 98 valence electrons. The first-order valence-electron chi connectivity index (χ1n) is 5.57. The zero-order valence-electron chi connectivity index (χ0n) is 10.5. The standard InChI is InChI=1S/C10H20N4O3/c1-10(2,3)8(15)17-14-6-4-13(5-7-14)9(16)12-11/h4-7,11H2,1-3H3,(H,12,16). The van der Waals surface area contributed by atoms with Gasteiger partial charge in [0.2, 0.25) is 0 Å². The lowest BCUT2D eigenvalue weighted by molar-refractivity contribution is -0.205. The summed E-state index contributed by atoms with van der Waals surface area (Å²) in [5.41, 5.74) is 1.55. The lowest BCUT2D eigenvalue weighted by Crippen LogP contribution is -2.53. The molecule has 2 amide bonds. The molecule has 0 aromatic rings. The smallest absolute Gasteiger partial charge is 0.331 e. The van der Waals surface area contributed by atoms with Crippen LogP contribution in [0.4, 0.5) is 4.79 Å². The van der Waals surface area contributed by atoms with Crippen LogP contribution in [0.5, 0.6) is 0 Å². The van der Waals surface area contributed by atoms with Crippen LogP contribution < -0.4 is 11.3 Å². The van der Waals surface area contributed by atoms with Crippen LogP contribution >= 0.6 is 0 Å². The summed E-state index contributed by atoms with van der Waals surface area (Å²) in [6.45, 7) is 7.36. The van der Waals surface area contributed by atoms with Gasteiger partial charge in [0.1, 0.15) is 0 Å². The van der Waals surface area contributed by atoms with Gasteiger partial charge in [-0.15, -0.1) is 5.06 Å². The van der Waals surface area contributed by atoms with Gasteiger partial charge in [0.25, 0.3) is 0 Å². The van der Waals surface area contributed by atoms with Gasteiger partial charge in [0, 0.05) is 13.1 Å². The number of amides is 2. The van der Waals surface area contributed by atoms with Crippen molar-refractivity contribution >= 4 is 12.0 Å². The van der Waals surface area contributed by atoms with Gasteiger partial charge in [0.05, 0.1) is 18.5 Å². The second kappa shape index (κ2) is 5.33. The van der Waals surface area contributed by atoms with Crippen molar-refractivity contribution in [1.29, 1.82) is 0 Å². The van der Waals surface area contributed by atoms with Crippen LogP contribution in [0.2, 0.25) is 0 Å². The molecule has 1 aliphatic heterocycles. The number of hydrogen-bond donors (Lipinski definition) is 2. The molecule has 1 aliphatic rings. The fraction of sp³-hybridized carbons (Fsp3) is 0.800. The number of piperazine rings is 1. The molecule has 3 N–H and O–H groups in total. The van der Waals surface area contributed by atoms with E-state index in [1.54, 1.807) is 30.7 Å². The first kappa shape index (κ1) is 13.7. The average molecular weight is 244 g/mol. The monoisotopic (exact) mass is 244 g/mol. The Hall–Kier alpha value is -1.34. The largest absolute Gasteiger partial charge is 0.367 e. The highest BCUT2D eigenvalue weighted by atomic mass is 16.7. The zero-order chi connectivity index (χ0) is 13.1. The minimum Gasteiger partial charge on any atom is -0.367 e. The van der Waals surface area contributed by atoms with E-state index in [9.17, 15) is 9.59 Å². The third-order valence-corrected chi connectivity index (χ3v) is 2.47. The first-order chi connectivity index (χ1) is 7.84. The van der Waals surface area contributed by atoms with Gasteiger partial charge in [0.15, 0.2) is 0 Å². The van der Waals surface area contributed by atoms with E-state index < -0.39 is 5.41 Å². The highest BCUT2D eigenvalue weighted by Gasteiger charge is 2.28. The minimum absolute atomic E-state index is 0.269. The molecule has 7 nitrogen and oxygen atoms in total. The first-order valence-corrected chi connectivity index (χ1v) is 5.57. The SMILES string of the molecule is CC(C)(C)C(=O)ON1CCN(C(=O)NN)CC1. The summed E-state index contributed by atoms with van der Waals surface area (Å²) in [7, 11) is 0. The Balaban J connectivity index is 2.38. The predicted octanol–water partition coefficient (Wildman–Crippen LogP) is -0.308. The minimum atomic E-state index is -0.522. The fourth-order valence-corrected chi connectivity index (χ4v) is 1.33. The molecule has 0 aromatic carbocycles. The second-order valence-electron chi connectivity index (χ2n) is 4.99. The normalized spacial score (nSPS) is 17.8. The Bertz CT molecular complexity index is 292. The molecule has 0 bridgehead atoms. The molecular weight excluding hydrogens is 224 g/mol. The van der Waals surface area contributed by atoms with Crippen molar-refractivity contribution in [2.24, 2.45) is 11.3 Å². The van der Waals surface area contributed by atoms with Crippen LogP contribution in [-0.4, -0.2) is 48.1 Å². The highest BCUT2D eigenvalue weighted by molar-refractivity contribution is 5.75. The molecule has 7 heteroatoms. The van der Waals surface area contributed by atoms with Crippen LogP contribution in [0.1, 0.15) is 20.8 Å². The van der Waals surface area contributed by atoms with Gasteiger partial charge in [-0.3, -0.25) is 5.43 Å². The summed E-state index contributed by atoms with van der Waals surface area (Å²) in [6.07, 6.45) is 0. The van der Waals surface area contributed by atoms with Crippen LogP contribution in [-0.2, 0) is 9.63 Å². The van der Waals surface area contributed by atoms with Gasteiger partial charge in [-0.2, -0.15) is 0 Å². The van der Waals surface area contributed by atoms with E-state index in [1.807, 2.05) is 0 Å². The van der Waals surface area contributed by atoms with Gasteiger partial charge >= 0.3 is 12.0 Å². The molecule has 0 saturated carbocycles. The Morgan fingerprint density at radius 1 is 1.18 bits per heavy atom. The number of urea groups is 1. The molecule has 1 fully saturated rings. The van der Waals surface area contributed by atoms with Crippen molar-refractivity contribution in [2.45, 2.75) is 20.8 Å². The van der Waals surface area contributed by atoms with Crippen LogP contribution in [0.3, 0.4) is 0 Å². The quantitative estimate of drug-likeness (QED) is 0.375. The molecule has 0 atom stereocenters. The number of carbonyl (C=O) groups is 2. The van der Waals surface area contributed by atoms with E-state index in [1.165, 1.54) is 0 Å². The topological polar surface area (TPSA) is 87.9 Å². The summed E-state index contributed by atoms with van der Waals surface area (Å²) >= 11 is 0. The van der Waals surface area contributed by atoms with Crippen LogP contribution in [0.25, 0.3) is 0 Å². The van der Waals surface area contributed by atoms with Crippen molar-refractivity contribution in [3.8, 4) is 0 Å². The fourth-order valence-electron chi connectivity index (χ4n) is 1.33. The predicted molar refractivity (Wildman–Crippen MR) is 61.4 cm³/mol. The molecule has 0 spiro atoms. The van der Waals surface area contributed by atoms with Crippen molar-refractivity contribution in [1.82, 2.24) is 15.4 Å². The summed E-state index contributed by atoms with van der Waals surface area (Å²) in [4.78, 5) is 29.6. The highest BCUT2D eigenvalue weighted by Crippen LogP contribution is 2.16. The molecule has 1 heterocycles. The van der Waals surface area contributed by atoms with Gasteiger partial charge < -0.3 is 9.74 Å². The van der Waals surface area contributed by atoms with Gasteiger partial charge in [-0.05, 0) is 20.8 Å². The van der Waals surface area contributed by atoms with Crippen molar-refractivity contribution in [3.63, 3.8) is 0 Å². The number of hydroxylamine groups is 2. The van der Waals surface area contributed by atoms with Crippen molar-refractivity contribution in [2.75, 3.05) is 26.2 Å². The Morgan fingerprint density at radius 2 is 1.71 bits per heavy atom. The maximum Gasteiger partial charge on any atom is 0.331 e. The molecule has 0 aliphatic carbocycles. The van der Waals surface area contributed by atoms with Crippen molar-refractivity contribution < 1.29 is 14.4 Å². The third-order valence-electron chi connectivity index (χ3n) is 2.47. The lowest BCUT2D eigenvalue weighted by Gasteiger charge is -2.34. The maximum absolute atomic E-state index is 11.6. The molecule has 17 heavy (non-hydrogen) atoms. The summed E-state index contributed by atoms with van der Waals surface area (Å²) in [5, 5.41) is 1.58. The van der Waals surface area contributed by atoms with E-state index in [0.717, 1.165) is 0 Å². The van der Waals surface area contributed by atoms with E-state index in [0.29, 0.717) is 26.2 Å². The zero-order valence-corrected chi connectivity index (χ0v) is 10.5. The third kappa shape index (κ3) is 3.86. The lowest BCUT2D eigenvalue weighted by atomic mass is 9.98. The van der Waals surface area contributed by atoms with Crippen LogP contribution in [0.15, 0.2) is 0 Å². The molecular formula is C10H20N4O3. The summed E-state index contributed by atoms with van der Waals surface area (Å²) in [6, 6.07) is -0.313. The summed E-state index contributed by atoms with van der Waals surface area (Å²) < 4.78 is 0. The number of carbonyl (C=O) groups excluding carboxylic acids is 2. The Kier molecular flexibility index (Phi) is 4.30. The number of nitrogens with zero attached hydrogens (tertiary/aromatic N) is 2. The Morgan fingerprint density at radius 3 is 2.12 bits per heavy atom. The van der Waals surface area contributed by atoms with E-state index in [4.69, 9.17) is 10.7 Å². The number of nitrogens with two attached hydrogens (primary N) is 1. The molecule has 1 rings (SSSR count). The average Bonchev–Trinajstić information content (AvgIpc) is 2.27. The van der Waals surface area contributed by atoms with E-state index >= 15 is 0 Å². The molecule has 0 radical (unpaired) electrons. The molecule has 0 aromatic heterocycles. The van der Waals surface area contributed by atoms with Crippen molar-refractivity contribution in [3.05, 3.63) is 0 Å². The molecule has 0 unspecified atom stereocenters. The van der Waals surface area contributed by atoms with Gasteiger partial charge in [-0.1, -0.05) is 0 Å². The van der Waals surface area contributed by atoms with Gasteiger partial charge in [-0.25, -0.2) is 15.4 Å². The maximum atomic E-state index is 11.6. The Labute approximate surface area is 101 Å². The van der Waals surface area contributed by atoms with E-state index in [-0.39, 0.29) is 12.0 Å². The number of hydrogen-bond acceptors (Lipinski definition) is 5. The van der Waals surface area contributed by atoms with Crippen LogP contribution in [0, 0.1) is 5.41 Å². The molecule has 1 saturated heterocycles. The second-order valence-corrected chi connectivity index (χ2v) is 4.99. The number of hydrazine groups is 1. The van der Waals surface area contributed by atoms with E-state index in [2.05, 4.69) is 5.43 Å². The number of nitrogens with one attached hydrogen (secondary N) is 1.